The number of carbonyl (C=O) groups is 2. The van der Waals surface area contributed by atoms with Crippen LogP contribution in [0.25, 0.3) is 0 Å². The zero-order chi connectivity index (χ0) is 20.4. The molecule has 1 atom stereocenters. The molecule has 0 aliphatic rings. The molecule has 1 aromatic heterocycles. The minimum absolute atomic E-state index is 0.0478. The van der Waals surface area contributed by atoms with Gasteiger partial charge < -0.3 is 21.1 Å². The number of aldehydes is 1. The molecule has 0 spiro atoms. The maximum Gasteiger partial charge on any atom is 0.255 e. The summed E-state index contributed by atoms with van der Waals surface area (Å²) in [6.07, 6.45) is 0.455. The van der Waals surface area contributed by atoms with Gasteiger partial charge in [0.2, 0.25) is 0 Å². The van der Waals surface area contributed by atoms with Crippen LogP contribution in [0.5, 0.6) is 0 Å². The van der Waals surface area contributed by atoms with Gasteiger partial charge in [-0.1, -0.05) is 0 Å². The molecule has 9 heteroatoms. The standard InChI is InChI=1S/C18H24F2N4O3/c1-11(9-25)4-15(7-21-8-16(19)20)18(27)24-13(3)14-5-12(2)23-17(6-14)22-10-26/h4-7,9,13,16,21,26H,8,10H2,1-3H3,(H,22,23)(H,24,27). The maximum absolute atomic E-state index is 12.5. The molecular formula is C18H24F2N4O3. The SMILES string of the molecule is CC(C=O)=CC(=CNCC(F)F)C(=O)NC(C)c1cc(C)nc(NCO)c1. The summed E-state index contributed by atoms with van der Waals surface area (Å²) in [7, 11) is 0. The molecule has 0 radical (unpaired) electrons. The van der Waals surface area contributed by atoms with Gasteiger partial charge in [-0.2, -0.15) is 0 Å². The second-order valence-corrected chi connectivity index (χ2v) is 5.86. The molecular weight excluding hydrogens is 358 g/mol. The lowest BCUT2D eigenvalue weighted by atomic mass is 10.1. The number of amides is 1. The number of pyridine rings is 1. The Morgan fingerprint density at radius 1 is 1.37 bits per heavy atom. The van der Waals surface area contributed by atoms with Crippen LogP contribution in [0.15, 0.2) is 35.6 Å². The molecule has 4 N–H and O–H groups in total. The number of allylic oxidation sites excluding steroid dienone is 1. The number of anilines is 1. The Kier molecular flexibility index (Phi) is 9.07. The van der Waals surface area contributed by atoms with Gasteiger partial charge in [0.15, 0.2) is 0 Å². The molecule has 148 valence electrons. The predicted molar refractivity (Wildman–Crippen MR) is 98.2 cm³/mol. The lowest BCUT2D eigenvalue weighted by Crippen LogP contribution is -2.29. The van der Waals surface area contributed by atoms with Crippen LogP contribution in [0.1, 0.15) is 31.1 Å². The van der Waals surface area contributed by atoms with E-state index in [1.54, 1.807) is 26.0 Å². The second-order valence-electron chi connectivity index (χ2n) is 5.86. The number of carbonyl (C=O) groups excluding carboxylic acids is 2. The molecule has 27 heavy (non-hydrogen) atoms. The number of rotatable bonds is 10. The zero-order valence-corrected chi connectivity index (χ0v) is 15.4. The molecule has 0 aliphatic carbocycles. The van der Waals surface area contributed by atoms with Crippen LogP contribution in [0, 0.1) is 6.92 Å². The number of halogens is 2. The van der Waals surface area contributed by atoms with Gasteiger partial charge in [0.25, 0.3) is 12.3 Å². The van der Waals surface area contributed by atoms with Crippen molar-refractivity contribution in [2.75, 3.05) is 18.6 Å². The fourth-order valence-corrected chi connectivity index (χ4v) is 2.19. The molecule has 0 saturated heterocycles. The summed E-state index contributed by atoms with van der Waals surface area (Å²) in [5.41, 5.74) is 1.75. The van der Waals surface area contributed by atoms with E-state index in [-0.39, 0.29) is 17.9 Å². The average Bonchev–Trinajstić information content (AvgIpc) is 2.60. The zero-order valence-electron chi connectivity index (χ0n) is 15.4. The third-order valence-corrected chi connectivity index (χ3v) is 3.44. The minimum Gasteiger partial charge on any atom is -0.385 e. The van der Waals surface area contributed by atoms with E-state index in [1.165, 1.54) is 13.0 Å². The summed E-state index contributed by atoms with van der Waals surface area (Å²) in [5, 5.41) is 16.8. The highest BCUT2D eigenvalue weighted by molar-refractivity contribution is 5.97. The molecule has 0 saturated carbocycles. The first-order valence-corrected chi connectivity index (χ1v) is 8.26. The van der Waals surface area contributed by atoms with Gasteiger partial charge in [-0.05, 0) is 50.1 Å². The number of alkyl halides is 2. The van der Waals surface area contributed by atoms with Crippen LogP contribution < -0.4 is 16.0 Å². The Labute approximate surface area is 156 Å². The molecule has 0 aromatic carbocycles. The molecule has 1 rings (SSSR count). The molecule has 0 aliphatic heterocycles. The van der Waals surface area contributed by atoms with E-state index < -0.39 is 24.9 Å². The first kappa shape index (κ1) is 22.2. The van der Waals surface area contributed by atoms with Gasteiger partial charge in [0, 0.05) is 11.9 Å². The van der Waals surface area contributed by atoms with Gasteiger partial charge in [-0.25, -0.2) is 13.8 Å². The first-order valence-electron chi connectivity index (χ1n) is 8.26. The first-order chi connectivity index (χ1) is 12.8. The largest absolute Gasteiger partial charge is 0.385 e. The van der Waals surface area contributed by atoms with Crippen molar-refractivity contribution >= 4 is 18.0 Å². The minimum atomic E-state index is -2.57. The van der Waals surface area contributed by atoms with Crippen molar-refractivity contribution in [2.45, 2.75) is 33.2 Å². The van der Waals surface area contributed by atoms with Crippen LogP contribution in [0.4, 0.5) is 14.6 Å². The van der Waals surface area contributed by atoms with Gasteiger partial charge in [-0.3, -0.25) is 9.59 Å². The number of aromatic nitrogens is 1. The highest BCUT2D eigenvalue weighted by Crippen LogP contribution is 2.18. The van der Waals surface area contributed by atoms with Crippen molar-refractivity contribution < 1.29 is 23.5 Å². The Morgan fingerprint density at radius 2 is 2.07 bits per heavy atom. The van der Waals surface area contributed by atoms with Crippen LogP contribution in [0.3, 0.4) is 0 Å². The Hall–Kier alpha value is -2.81. The van der Waals surface area contributed by atoms with Gasteiger partial charge in [0.05, 0.1) is 18.2 Å². The van der Waals surface area contributed by atoms with Crippen LogP contribution in [-0.2, 0) is 9.59 Å². The summed E-state index contributed by atoms with van der Waals surface area (Å²) in [5.74, 6) is -0.0729. The Balaban J connectivity index is 2.98. The van der Waals surface area contributed by atoms with Crippen molar-refractivity contribution in [2.24, 2.45) is 0 Å². The second kappa shape index (κ2) is 11.0. The van der Waals surface area contributed by atoms with E-state index >= 15 is 0 Å². The van der Waals surface area contributed by atoms with Gasteiger partial charge >= 0.3 is 0 Å². The lowest BCUT2D eigenvalue weighted by molar-refractivity contribution is -0.117. The normalized spacial score (nSPS) is 13.3. The highest BCUT2D eigenvalue weighted by Gasteiger charge is 2.14. The monoisotopic (exact) mass is 382 g/mol. The van der Waals surface area contributed by atoms with E-state index in [9.17, 15) is 18.4 Å². The van der Waals surface area contributed by atoms with Crippen molar-refractivity contribution in [3.05, 3.63) is 46.8 Å². The van der Waals surface area contributed by atoms with Crippen molar-refractivity contribution in [1.29, 1.82) is 0 Å². The van der Waals surface area contributed by atoms with Crippen LogP contribution in [-0.4, -0.2) is 42.0 Å². The Bertz CT molecular complexity index is 721. The number of nitrogens with one attached hydrogen (secondary N) is 3. The number of aryl methyl sites for hydroxylation is 1. The number of aliphatic hydroxyl groups excluding tert-OH is 1. The van der Waals surface area contributed by atoms with Crippen LogP contribution >= 0.6 is 0 Å². The fraction of sp³-hybridized carbons (Fsp3) is 0.389. The third kappa shape index (κ3) is 7.95. The average molecular weight is 382 g/mol. The maximum atomic E-state index is 12.5. The highest BCUT2D eigenvalue weighted by atomic mass is 19.3. The van der Waals surface area contributed by atoms with E-state index in [4.69, 9.17) is 5.11 Å². The molecule has 0 fully saturated rings. The Morgan fingerprint density at radius 3 is 2.67 bits per heavy atom. The quantitative estimate of drug-likeness (QED) is 0.213. The van der Waals surface area contributed by atoms with E-state index in [0.29, 0.717) is 17.8 Å². The summed E-state index contributed by atoms with van der Waals surface area (Å²) >= 11 is 0. The topological polar surface area (TPSA) is 103 Å². The van der Waals surface area contributed by atoms with Crippen LogP contribution in [0.2, 0.25) is 0 Å². The van der Waals surface area contributed by atoms with Crippen molar-refractivity contribution in [3.63, 3.8) is 0 Å². The van der Waals surface area contributed by atoms with E-state index in [1.807, 2.05) is 0 Å². The van der Waals surface area contributed by atoms with Crippen molar-refractivity contribution in [3.8, 4) is 0 Å². The molecule has 1 amide bonds. The van der Waals surface area contributed by atoms with E-state index in [0.717, 1.165) is 11.8 Å². The molecule has 7 nitrogen and oxygen atoms in total. The molecule has 1 heterocycles. The number of hydrogen-bond donors (Lipinski definition) is 4. The van der Waals surface area contributed by atoms with Gasteiger partial charge in [0.1, 0.15) is 18.8 Å². The van der Waals surface area contributed by atoms with Crippen molar-refractivity contribution in [1.82, 2.24) is 15.6 Å². The smallest absolute Gasteiger partial charge is 0.255 e. The summed E-state index contributed by atoms with van der Waals surface area (Å²) in [6.45, 7) is 4.13. The molecule has 1 aromatic rings. The van der Waals surface area contributed by atoms with E-state index in [2.05, 4.69) is 20.9 Å². The summed E-state index contributed by atoms with van der Waals surface area (Å²) in [6, 6.07) is 3.03. The molecule has 0 bridgehead atoms. The number of aliphatic hydroxyl groups is 1. The fourth-order valence-electron chi connectivity index (χ4n) is 2.19. The number of hydrogen-bond acceptors (Lipinski definition) is 6. The summed E-state index contributed by atoms with van der Waals surface area (Å²) < 4.78 is 24.6. The molecule has 1 unspecified atom stereocenters. The number of nitrogens with zero attached hydrogens (tertiary/aromatic N) is 1. The van der Waals surface area contributed by atoms with Gasteiger partial charge in [-0.15, -0.1) is 0 Å². The lowest BCUT2D eigenvalue weighted by Gasteiger charge is -2.17. The third-order valence-electron chi connectivity index (χ3n) is 3.44. The predicted octanol–water partition coefficient (Wildman–Crippen LogP) is 1.81. The summed E-state index contributed by atoms with van der Waals surface area (Å²) in [4.78, 5) is 27.5.